The van der Waals surface area contributed by atoms with Crippen LogP contribution in [0.1, 0.15) is 92.8 Å². The Kier molecular flexibility index (Phi) is 19.5. The number of carboxylic acids is 1. The number of carboxylic acid groups (broad SMARTS) is 1. The van der Waals surface area contributed by atoms with E-state index >= 15 is 0 Å². The van der Waals surface area contributed by atoms with E-state index in [1.54, 1.807) is 0 Å². The van der Waals surface area contributed by atoms with Crippen LogP contribution in [0.2, 0.25) is 0 Å². The van der Waals surface area contributed by atoms with E-state index in [-0.39, 0.29) is 64.6 Å². The number of carbonyl (C=O) groups is 2. The van der Waals surface area contributed by atoms with Gasteiger partial charge in [-0.15, -0.1) is 0 Å². The molecule has 5 heteroatoms. The third-order valence-electron chi connectivity index (χ3n) is 3.85. The Bertz CT molecular complexity index is 315. The van der Waals surface area contributed by atoms with Gasteiger partial charge < -0.3 is 11.8 Å². The molecular weight excluding hydrogens is 317 g/mol. The van der Waals surface area contributed by atoms with Crippen molar-refractivity contribution in [3.63, 3.8) is 0 Å². The number of carbonyl (C=O) groups excluding carboxylic acids is 1. The van der Waals surface area contributed by atoms with Crippen LogP contribution < -0.4 is 56.7 Å². The average Bonchev–Trinajstić information content (AvgIpc) is 2.44. The molecule has 0 saturated heterocycles. The molecule has 0 spiro atoms. The number of nitrogens with one attached hydrogen (secondary N) is 1. The fraction of sp³-hybridized carbons (Fsp3) is 0.889. The second-order valence-corrected chi connectivity index (χ2v) is 6.67. The summed E-state index contributed by atoms with van der Waals surface area (Å²) in [6.07, 6.45) is 11.8. The van der Waals surface area contributed by atoms with Gasteiger partial charge in [-0.05, 0) is 18.8 Å². The molecule has 0 aromatic rings. The molecule has 1 unspecified atom stereocenters. The summed E-state index contributed by atoms with van der Waals surface area (Å²) >= 11 is 0. The molecule has 0 saturated carbocycles. The summed E-state index contributed by atoms with van der Waals surface area (Å²) in [5.74, 6) is -0.806. The van der Waals surface area contributed by atoms with Crippen LogP contribution in [0, 0.1) is 5.92 Å². The van der Waals surface area contributed by atoms with Crippen molar-refractivity contribution in [3.8, 4) is 0 Å². The van der Waals surface area contributed by atoms with Gasteiger partial charge in [0.05, 0.1) is 0 Å². The van der Waals surface area contributed by atoms with Crippen molar-refractivity contribution >= 4 is 11.9 Å². The van der Waals surface area contributed by atoms with Gasteiger partial charge in [0.25, 0.3) is 0 Å². The Labute approximate surface area is 186 Å². The summed E-state index contributed by atoms with van der Waals surface area (Å²) in [6, 6.07) is -0.744. The minimum Gasteiger partial charge on any atom is -1.00 e. The summed E-state index contributed by atoms with van der Waals surface area (Å²) in [4.78, 5) is 22.9. The van der Waals surface area contributed by atoms with Crippen molar-refractivity contribution in [1.29, 1.82) is 0 Å². The van der Waals surface area contributed by atoms with E-state index < -0.39 is 12.0 Å². The summed E-state index contributed by atoms with van der Waals surface area (Å²) < 4.78 is 0. The molecule has 2 N–H and O–H groups in total. The van der Waals surface area contributed by atoms with Gasteiger partial charge in [-0.2, -0.15) is 0 Å². The van der Waals surface area contributed by atoms with Crippen LogP contribution in [0.15, 0.2) is 0 Å². The van der Waals surface area contributed by atoms with Gasteiger partial charge in [-0.1, -0.05) is 72.1 Å². The van der Waals surface area contributed by atoms with Gasteiger partial charge in [0.15, 0.2) is 0 Å². The number of hydrogen-bond acceptors (Lipinski definition) is 2. The van der Waals surface area contributed by atoms with Crippen molar-refractivity contribution in [2.45, 2.75) is 97.4 Å². The number of unbranched alkanes of at least 4 members (excludes halogenated alkanes) is 8. The molecule has 1 atom stereocenters. The van der Waals surface area contributed by atoms with E-state index in [2.05, 4.69) is 12.2 Å². The first-order valence-electron chi connectivity index (χ1n) is 8.99. The Morgan fingerprint density at radius 1 is 0.957 bits per heavy atom. The number of rotatable bonds is 14. The Balaban J connectivity index is -0.00000220. The molecule has 0 aliphatic heterocycles. The van der Waals surface area contributed by atoms with Gasteiger partial charge in [0.1, 0.15) is 6.04 Å². The zero-order chi connectivity index (χ0) is 16.8. The zero-order valence-electron chi connectivity index (χ0n) is 16.7. The first-order valence-corrected chi connectivity index (χ1v) is 8.99. The normalized spacial score (nSPS) is 11.8. The Morgan fingerprint density at radius 2 is 1.43 bits per heavy atom. The quantitative estimate of drug-likeness (QED) is 0.368. The van der Waals surface area contributed by atoms with Gasteiger partial charge in [0.2, 0.25) is 5.91 Å². The molecular formula is C18H36KNO3. The molecule has 0 aliphatic rings. The average molecular weight is 354 g/mol. The first-order chi connectivity index (χ1) is 10.5. The Morgan fingerprint density at radius 3 is 1.87 bits per heavy atom. The fourth-order valence-corrected chi connectivity index (χ4v) is 2.56. The van der Waals surface area contributed by atoms with Gasteiger partial charge >= 0.3 is 57.4 Å². The van der Waals surface area contributed by atoms with E-state index in [1.165, 1.54) is 44.9 Å². The summed E-state index contributed by atoms with van der Waals surface area (Å²) in [7, 11) is 0. The van der Waals surface area contributed by atoms with E-state index in [0.29, 0.717) is 12.8 Å². The van der Waals surface area contributed by atoms with E-state index in [0.717, 1.165) is 12.8 Å². The maximum atomic E-state index is 11.8. The number of hydrogen-bond donors (Lipinski definition) is 2. The first kappa shape index (κ1) is 25.8. The number of amides is 1. The largest absolute Gasteiger partial charge is 1.00 e. The second-order valence-electron chi connectivity index (χ2n) is 6.67. The molecule has 132 valence electrons. The standard InChI is InChI=1S/C18H35NO3.K.H/c1-4-5-6-7-8-9-10-11-12-13-17(20)19-16(18(21)22)14-15(2)3;;/h15-16H,4-14H2,1-3H3,(H,19,20)(H,21,22);;/q;+1;-1. The predicted molar refractivity (Wildman–Crippen MR) is 92.0 cm³/mol. The molecule has 0 aliphatic carbocycles. The van der Waals surface area contributed by atoms with Crippen molar-refractivity contribution in [2.75, 3.05) is 0 Å². The van der Waals surface area contributed by atoms with Gasteiger partial charge in [-0.25, -0.2) is 4.79 Å². The van der Waals surface area contributed by atoms with Crippen LogP contribution in [0.4, 0.5) is 0 Å². The molecule has 0 aromatic heterocycles. The van der Waals surface area contributed by atoms with Crippen LogP contribution in [-0.4, -0.2) is 23.0 Å². The van der Waals surface area contributed by atoms with Crippen molar-refractivity contribution in [3.05, 3.63) is 0 Å². The maximum absolute atomic E-state index is 11.8. The minimum atomic E-state index is -0.936. The van der Waals surface area contributed by atoms with E-state index in [9.17, 15) is 9.59 Å². The molecule has 1 amide bonds. The summed E-state index contributed by atoms with van der Waals surface area (Å²) in [5, 5.41) is 11.7. The van der Waals surface area contributed by atoms with Gasteiger partial charge in [0, 0.05) is 6.42 Å². The Hall–Kier alpha value is 0.576. The van der Waals surface area contributed by atoms with Crippen molar-refractivity contribution in [1.82, 2.24) is 5.32 Å². The SMILES string of the molecule is CCCCCCCCCCCC(=O)NC(CC(C)C)C(=O)O.[H-].[K+]. The summed E-state index contributed by atoms with van der Waals surface area (Å²) in [5.41, 5.74) is 0. The molecule has 23 heavy (non-hydrogen) atoms. The van der Waals surface area contributed by atoms with E-state index in [4.69, 9.17) is 5.11 Å². The van der Waals surface area contributed by atoms with Crippen molar-refractivity contribution < 1.29 is 67.5 Å². The smallest absolute Gasteiger partial charge is 1.00 e. The molecule has 0 fully saturated rings. The second kappa shape index (κ2) is 17.4. The zero-order valence-corrected chi connectivity index (χ0v) is 18.8. The molecule has 0 bridgehead atoms. The molecule has 0 radical (unpaired) electrons. The van der Waals surface area contributed by atoms with Gasteiger partial charge in [-0.3, -0.25) is 4.79 Å². The monoisotopic (exact) mass is 353 g/mol. The van der Waals surface area contributed by atoms with Crippen molar-refractivity contribution in [2.24, 2.45) is 5.92 Å². The van der Waals surface area contributed by atoms with Crippen LogP contribution in [0.5, 0.6) is 0 Å². The molecule has 4 nitrogen and oxygen atoms in total. The number of aliphatic carboxylic acids is 1. The minimum absolute atomic E-state index is 0. The van der Waals surface area contributed by atoms with Crippen LogP contribution >= 0.6 is 0 Å². The topological polar surface area (TPSA) is 66.4 Å². The fourth-order valence-electron chi connectivity index (χ4n) is 2.56. The predicted octanol–water partition coefficient (Wildman–Crippen LogP) is 1.64. The summed E-state index contributed by atoms with van der Waals surface area (Å²) in [6.45, 7) is 6.15. The van der Waals surface area contributed by atoms with Crippen LogP contribution in [-0.2, 0) is 9.59 Å². The third kappa shape index (κ3) is 17.2. The molecule has 0 aromatic carbocycles. The molecule has 0 rings (SSSR count). The third-order valence-corrected chi connectivity index (χ3v) is 3.85. The van der Waals surface area contributed by atoms with Crippen LogP contribution in [0.3, 0.4) is 0 Å². The van der Waals surface area contributed by atoms with Crippen LogP contribution in [0.25, 0.3) is 0 Å². The maximum Gasteiger partial charge on any atom is 1.00 e. The molecule has 0 heterocycles. The van der Waals surface area contributed by atoms with E-state index in [1.807, 2.05) is 13.8 Å².